The van der Waals surface area contributed by atoms with Crippen LogP contribution in [0.3, 0.4) is 0 Å². The summed E-state index contributed by atoms with van der Waals surface area (Å²) < 4.78 is 5.16. The smallest absolute Gasteiger partial charge is 0.315 e. The third-order valence-electron chi connectivity index (χ3n) is 4.05. The summed E-state index contributed by atoms with van der Waals surface area (Å²) in [7, 11) is 2.10. The van der Waals surface area contributed by atoms with Gasteiger partial charge in [-0.15, -0.1) is 11.3 Å². The Morgan fingerprint density at radius 3 is 2.81 bits per heavy atom. The number of nitrogens with zero attached hydrogens (tertiary/aromatic N) is 2. The quantitative estimate of drug-likeness (QED) is 0.753. The fourth-order valence-corrected chi connectivity index (χ4v) is 4.07. The van der Waals surface area contributed by atoms with Crippen LogP contribution in [0.2, 0.25) is 0 Å². The SMILES string of the molecule is CCOC(=O)C1CCc2sc(N(C)C(C)CC(C)C)nc21. The highest BCUT2D eigenvalue weighted by Crippen LogP contribution is 2.40. The molecule has 21 heavy (non-hydrogen) atoms. The van der Waals surface area contributed by atoms with E-state index in [1.165, 1.54) is 4.88 Å². The van der Waals surface area contributed by atoms with Crippen LogP contribution < -0.4 is 4.90 Å². The molecule has 2 unspecified atom stereocenters. The summed E-state index contributed by atoms with van der Waals surface area (Å²) in [6.45, 7) is 9.00. The van der Waals surface area contributed by atoms with Crippen molar-refractivity contribution in [1.29, 1.82) is 0 Å². The lowest BCUT2D eigenvalue weighted by molar-refractivity contribution is -0.145. The topological polar surface area (TPSA) is 42.4 Å². The lowest BCUT2D eigenvalue weighted by atomic mass is 10.0. The zero-order valence-electron chi connectivity index (χ0n) is 13.7. The van der Waals surface area contributed by atoms with Gasteiger partial charge in [-0.3, -0.25) is 4.79 Å². The molecular formula is C16H26N2O2S. The summed E-state index contributed by atoms with van der Waals surface area (Å²) in [6, 6.07) is 0.456. The highest BCUT2D eigenvalue weighted by Gasteiger charge is 2.34. The maximum Gasteiger partial charge on any atom is 0.315 e. The van der Waals surface area contributed by atoms with E-state index in [9.17, 15) is 4.79 Å². The molecule has 0 fully saturated rings. The Morgan fingerprint density at radius 2 is 2.19 bits per heavy atom. The first-order valence-electron chi connectivity index (χ1n) is 7.83. The molecule has 0 radical (unpaired) electrons. The standard InChI is InChI=1S/C16H26N2O2S/c1-6-20-15(19)12-7-8-13-14(12)17-16(21-13)18(5)11(4)9-10(2)3/h10-12H,6-9H2,1-5H3. The van der Waals surface area contributed by atoms with Crippen molar-refractivity contribution in [3.8, 4) is 0 Å². The van der Waals surface area contributed by atoms with E-state index in [1.807, 2.05) is 6.92 Å². The van der Waals surface area contributed by atoms with Gasteiger partial charge in [0.25, 0.3) is 0 Å². The van der Waals surface area contributed by atoms with Crippen molar-refractivity contribution in [3.05, 3.63) is 10.6 Å². The minimum absolute atomic E-state index is 0.119. The van der Waals surface area contributed by atoms with Crippen molar-refractivity contribution in [2.24, 2.45) is 5.92 Å². The molecule has 5 heteroatoms. The number of esters is 1. The molecule has 0 aromatic carbocycles. The Hall–Kier alpha value is -1.10. The van der Waals surface area contributed by atoms with Crippen LogP contribution in [0.15, 0.2) is 0 Å². The van der Waals surface area contributed by atoms with Crippen molar-refractivity contribution in [3.63, 3.8) is 0 Å². The number of fused-ring (bicyclic) bond motifs is 1. The minimum Gasteiger partial charge on any atom is -0.465 e. The van der Waals surface area contributed by atoms with Crippen molar-refractivity contribution in [2.75, 3.05) is 18.6 Å². The van der Waals surface area contributed by atoms with E-state index < -0.39 is 0 Å². The maximum atomic E-state index is 12.0. The molecule has 1 aromatic rings. The van der Waals surface area contributed by atoms with Gasteiger partial charge in [-0.05, 0) is 39.0 Å². The summed E-state index contributed by atoms with van der Waals surface area (Å²) >= 11 is 1.73. The molecule has 0 N–H and O–H groups in total. The average Bonchev–Trinajstić information content (AvgIpc) is 2.96. The van der Waals surface area contributed by atoms with Crippen molar-refractivity contribution < 1.29 is 9.53 Å². The van der Waals surface area contributed by atoms with Gasteiger partial charge in [-0.25, -0.2) is 4.98 Å². The van der Waals surface area contributed by atoms with Crippen LogP contribution in [0.25, 0.3) is 0 Å². The first kappa shape index (κ1) is 16.3. The number of aryl methyl sites for hydroxylation is 1. The molecule has 1 aromatic heterocycles. The summed E-state index contributed by atoms with van der Waals surface area (Å²) in [4.78, 5) is 20.2. The third kappa shape index (κ3) is 3.57. The Balaban J connectivity index is 2.12. The highest BCUT2D eigenvalue weighted by molar-refractivity contribution is 7.15. The normalized spacial score (nSPS) is 18.7. The van der Waals surface area contributed by atoms with Gasteiger partial charge < -0.3 is 9.64 Å². The highest BCUT2D eigenvalue weighted by atomic mass is 32.1. The van der Waals surface area contributed by atoms with Crippen LogP contribution in [-0.2, 0) is 16.0 Å². The van der Waals surface area contributed by atoms with E-state index in [0.717, 1.165) is 30.1 Å². The zero-order chi connectivity index (χ0) is 15.6. The van der Waals surface area contributed by atoms with Crippen molar-refractivity contribution >= 4 is 22.4 Å². The molecule has 0 saturated carbocycles. The number of aromatic nitrogens is 1. The monoisotopic (exact) mass is 310 g/mol. The lowest BCUT2D eigenvalue weighted by Gasteiger charge is -2.25. The van der Waals surface area contributed by atoms with Gasteiger partial charge in [0.05, 0.1) is 12.3 Å². The third-order valence-corrected chi connectivity index (χ3v) is 5.27. The van der Waals surface area contributed by atoms with E-state index in [2.05, 4.69) is 32.7 Å². The van der Waals surface area contributed by atoms with Crippen LogP contribution in [0.1, 0.15) is 57.0 Å². The summed E-state index contributed by atoms with van der Waals surface area (Å²) in [5.74, 6) is 0.395. The second kappa shape index (κ2) is 6.77. The first-order chi connectivity index (χ1) is 9.93. The molecule has 1 heterocycles. The van der Waals surface area contributed by atoms with Crippen LogP contribution >= 0.6 is 11.3 Å². The Morgan fingerprint density at radius 1 is 1.48 bits per heavy atom. The first-order valence-corrected chi connectivity index (χ1v) is 8.64. The predicted octanol–water partition coefficient (Wildman–Crippen LogP) is 3.61. The average molecular weight is 310 g/mol. The molecule has 0 amide bonds. The van der Waals surface area contributed by atoms with Crippen molar-refractivity contribution in [2.45, 2.75) is 58.9 Å². The molecule has 0 saturated heterocycles. The largest absolute Gasteiger partial charge is 0.465 e. The summed E-state index contributed by atoms with van der Waals surface area (Å²) in [5, 5.41) is 1.03. The number of hydrogen-bond donors (Lipinski definition) is 0. The van der Waals surface area contributed by atoms with Crippen LogP contribution in [0.4, 0.5) is 5.13 Å². The van der Waals surface area contributed by atoms with Crippen molar-refractivity contribution in [1.82, 2.24) is 4.98 Å². The Labute approximate surface area is 131 Å². The van der Waals surface area contributed by atoms with Crippen LogP contribution in [0, 0.1) is 5.92 Å². The predicted molar refractivity (Wildman–Crippen MR) is 87.1 cm³/mol. The molecule has 1 aliphatic rings. The molecule has 2 atom stereocenters. The number of anilines is 1. The Bertz CT molecular complexity index is 498. The van der Waals surface area contributed by atoms with E-state index in [1.54, 1.807) is 11.3 Å². The molecule has 0 spiro atoms. The van der Waals surface area contributed by atoms with E-state index in [-0.39, 0.29) is 11.9 Å². The molecule has 0 bridgehead atoms. The van der Waals surface area contributed by atoms with Gasteiger partial charge in [0.1, 0.15) is 5.92 Å². The maximum absolute atomic E-state index is 12.0. The second-order valence-electron chi connectivity index (χ2n) is 6.24. The lowest BCUT2D eigenvalue weighted by Crippen LogP contribution is -2.30. The van der Waals surface area contributed by atoms with Crippen LogP contribution in [-0.4, -0.2) is 30.6 Å². The summed E-state index contributed by atoms with van der Waals surface area (Å²) in [6.07, 6.45) is 2.93. The zero-order valence-corrected chi connectivity index (χ0v) is 14.5. The number of thiazole rings is 1. The Kier molecular flexibility index (Phi) is 5.25. The van der Waals surface area contributed by atoms with E-state index >= 15 is 0 Å². The van der Waals surface area contributed by atoms with E-state index in [4.69, 9.17) is 9.72 Å². The van der Waals surface area contributed by atoms with E-state index in [0.29, 0.717) is 18.6 Å². The van der Waals surface area contributed by atoms with Crippen LogP contribution in [0.5, 0.6) is 0 Å². The minimum atomic E-state index is -0.154. The molecule has 4 nitrogen and oxygen atoms in total. The van der Waals surface area contributed by atoms with Gasteiger partial charge >= 0.3 is 5.97 Å². The number of carbonyl (C=O) groups excluding carboxylic acids is 1. The number of ether oxygens (including phenoxy) is 1. The molecule has 2 rings (SSSR count). The number of hydrogen-bond acceptors (Lipinski definition) is 5. The molecular weight excluding hydrogens is 284 g/mol. The van der Waals surface area contributed by atoms with Gasteiger partial charge in [-0.2, -0.15) is 0 Å². The van der Waals surface area contributed by atoms with Gasteiger partial charge in [0.2, 0.25) is 0 Å². The van der Waals surface area contributed by atoms with Gasteiger partial charge in [0.15, 0.2) is 5.13 Å². The molecule has 1 aliphatic carbocycles. The fraction of sp³-hybridized carbons (Fsp3) is 0.750. The fourth-order valence-electron chi connectivity index (χ4n) is 2.87. The number of rotatable bonds is 6. The number of carbonyl (C=O) groups is 1. The van der Waals surface area contributed by atoms with Gasteiger partial charge in [0, 0.05) is 18.0 Å². The second-order valence-corrected chi connectivity index (χ2v) is 7.30. The molecule has 118 valence electrons. The van der Waals surface area contributed by atoms with Gasteiger partial charge in [-0.1, -0.05) is 13.8 Å². The molecule has 0 aliphatic heterocycles. The summed E-state index contributed by atoms with van der Waals surface area (Å²) in [5.41, 5.74) is 0.956.